The van der Waals surface area contributed by atoms with E-state index in [0.717, 1.165) is 34.8 Å². The van der Waals surface area contributed by atoms with E-state index in [2.05, 4.69) is 10.3 Å². The summed E-state index contributed by atoms with van der Waals surface area (Å²) in [7, 11) is -1.53. The molecule has 33 heavy (non-hydrogen) atoms. The highest BCUT2D eigenvalue weighted by Crippen LogP contribution is 2.30. The highest BCUT2D eigenvalue weighted by molar-refractivity contribution is 7.86. The van der Waals surface area contributed by atoms with Crippen molar-refractivity contribution in [3.63, 3.8) is 0 Å². The van der Waals surface area contributed by atoms with Gasteiger partial charge in [0.05, 0.1) is 6.20 Å². The second kappa shape index (κ2) is 9.40. The summed E-state index contributed by atoms with van der Waals surface area (Å²) in [5.74, 6) is -0.00517. The van der Waals surface area contributed by atoms with Gasteiger partial charge in [0.25, 0.3) is 11.5 Å². The summed E-state index contributed by atoms with van der Waals surface area (Å²) < 4.78 is 14.1. The molecule has 10 heteroatoms. The van der Waals surface area contributed by atoms with Crippen LogP contribution >= 0.6 is 0 Å². The Morgan fingerprint density at radius 2 is 1.91 bits per heavy atom. The van der Waals surface area contributed by atoms with Gasteiger partial charge in [-0.2, -0.15) is 0 Å². The number of benzene rings is 1. The number of hydrogen-bond acceptors (Lipinski definition) is 6. The molecule has 0 spiro atoms. The first-order valence-corrected chi connectivity index (χ1v) is 12.4. The van der Waals surface area contributed by atoms with Crippen LogP contribution in [0.3, 0.4) is 0 Å². The van der Waals surface area contributed by atoms with Crippen molar-refractivity contribution in [1.29, 1.82) is 0 Å². The van der Waals surface area contributed by atoms with Crippen molar-refractivity contribution in [2.45, 2.75) is 44.0 Å². The first kappa shape index (κ1) is 23.1. The lowest BCUT2D eigenvalue weighted by atomic mass is 10.0. The number of nitrogens with zero attached hydrogens (tertiary/aromatic N) is 4. The zero-order valence-corrected chi connectivity index (χ0v) is 19.4. The lowest BCUT2D eigenvalue weighted by molar-refractivity contribution is -0.131. The average molecular weight is 470 g/mol. The predicted molar refractivity (Wildman–Crippen MR) is 125 cm³/mol. The van der Waals surface area contributed by atoms with Crippen molar-refractivity contribution in [2.75, 3.05) is 6.26 Å². The molecule has 2 atom stereocenters. The predicted octanol–water partition coefficient (Wildman–Crippen LogP) is 2.22. The molecule has 1 aromatic carbocycles. The van der Waals surface area contributed by atoms with E-state index >= 15 is 0 Å². The smallest absolute Gasteiger partial charge is 0.261 e. The number of pyridine rings is 1. The molecule has 0 radical (unpaired) electrons. The third-order valence-electron chi connectivity index (χ3n) is 6.24. The van der Waals surface area contributed by atoms with E-state index in [4.69, 9.17) is 5.21 Å². The van der Waals surface area contributed by atoms with E-state index in [1.54, 1.807) is 11.7 Å². The van der Waals surface area contributed by atoms with Crippen LogP contribution < -0.4 is 11.0 Å². The number of amides is 1. The minimum atomic E-state index is -1.53. The molecule has 1 aliphatic carbocycles. The number of carbonyl (C=O) groups excluding carboxylic acids is 1. The van der Waals surface area contributed by atoms with Gasteiger partial charge in [-0.1, -0.05) is 29.5 Å². The minimum absolute atomic E-state index is 0.137. The molecular formula is C23H27N5O4S. The zero-order valence-electron chi connectivity index (χ0n) is 18.6. The number of hydroxylamine groups is 1. The van der Waals surface area contributed by atoms with Gasteiger partial charge < -0.3 is 4.57 Å². The van der Waals surface area contributed by atoms with Crippen molar-refractivity contribution in [1.82, 2.24) is 25.0 Å². The van der Waals surface area contributed by atoms with Crippen LogP contribution in [0, 0.1) is 5.92 Å². The van der Waals surface area contributed by atoms with E-state index in [-0.39, 0.29) is 18.5 Å². The molecular weight excluding hydrogens is 442 g/mol. The monoisotopic (exact) mass is 469 g/mol. The van der Waals surface area contributed by atoms with E-state index in [0.29, 0.717) is 0 Å². The first-order chi connectivity index (χ1) is 15.8. The highest BCUT2D eigenvalue weighted by Gasteiger charge is 2.37. The third-order valence-corrected chi connectivity index (χ3v) is 7.90. The standard InChI is InChI=1S/C23H27N5O4S/c1-23(33(2)32,22(30)25-31)10-12-27-11-9-19(13-21(27)29)17-5-7-18(8-6-17)20-15-28(26-24-20)14-16-3-4-16/h5-9,11,13,15-16,31H,3-4,10,12,14H2,1-2H3,(H,25,30). The van der Waals surface area contributed by atoms with Gasteiger partial charge in [-0.3, -0.25) is 23.7 Å². The van der Waals surface area contributed by atoms with Gasteiger partial charge in [-0.15, -0.1) is 5.10 Å². The molecule has 1 fully saturated rings. The van der Waals surface area contributed by atoms with Gasteiger partial charge in [-0.25, -0.2) is 5.48 Å². The van der Waals surface area contributed by atoms with Crippen LogP contribution in [0.1, 0.15) is 26.2 Å². The van der Waals surface area contributed by atoms with Crippen LogP contribution in [0.15, 0.2) is 53.6 Å². The van der Waals surface area contributed by atoms with Crippen molar-refractivity contribution in [2.24, 2.45) is 5.92 Å². The van der Waals surface area contributed by atoms with Crippen LogP contribution in [-0.2, 0) is 28.7 Å². The van der Waals surface area contributed by atoms with Crippen molar-refractivity contribution in [3.05, 3.63) is 59.1 Å². The maximum absolute atomic E-state index is 12.6. The molecule has 2 N–H and O–H groups in total. The Morgan fingerprint density at radius 1 is 1.21 bits per heavy atom. The zero-order chi connectivity index (χ0) is 23.6. The maximum atomic E-state index is 12.6. The molecule has 2 heterocycles. The highest BCUT2D eigenvalue weighted by atomic mass is 32.2. The SMILES string of the molecule is CS(=O)C(C)(CCn1ccc(-c2ccc(-c3cn(CC4CC4)nn3)cc2)cc1=O)C(=O)NO. The largest absolute Gasteiger partial charge is 0.315 e. The molecule has 3 aromatic rings. The van der Waals surface area contributed by atoms with Crippen LogP contribution in [-0.4, -0.2) is 45.9 Å². The van der Waals surface area contributed by atoms with E-state index in [1.165, 1.54) is 36.7 Å². The Morgan fingerprint density at radius 3 is 2.52 bits per heavy atom. The number of nitrogens with one attached hydrogen (secondary N) is 1. The number of hydrogen-bond donors (Lipinski definition) is 2. The summed E-state index contributed by atoms with van der Waals surface area (Å²) in [5, 5.41) is 17.4. The Bertz CT molecular complexity index is 1230. The lowest BCUT2D eigenvalue weighted by Gasteiger charge is -2.24. The topological polar surface area (TPSA) is 119 Å². The van der Waals surface area contributed by atoms with Crippen molar-refractivity contribution < 1.29 is 14.2 Å². The summed E-state index contributed by atoms with van der Waals surface area (Å²) in [4.78, 5) is 24.6. The molecule has 0 saturated heterocycles. The van der Waals surface area contributed by atoms with Gasteiger partial charge >= 0.3 is 0 Å². The summed E-state index contributed by atoms with van der Waals surface area (Å²) in [6.07, 6.45) is 7.68. The molecule has 174 valence electrons. The third kappa shape index (κ3) is 5.12. The lowest BCUT2D eigenvalue weighted by Crippen LogP contribution is -2.47. The Hall–Kier alpha value is -3.11. The summed E-state index contributed by atoms with van der Waals surface area (Å²) in [6, 6.07) is 11.2. The molecule has 9 nitrogen and oxygen atoms in total. The second-order valence-electron chi connectivity index (χ2n) is 8.67. The molecule has 1 saturated carbocycles. The fourth-order valence-corrected chi connectivity index (χ4v) is 4.32. The quantitative estimate of drug-likeness (QED) is 0.366. The number of rotatable bonds is 9. The van der Waals surface area contributed by atoms with Gasteiger partial charge in [-0.05, 0) is 49.3 Å². The molecule has 1 aliphatic rings. The molecule has 0 aliphatic heterocycles. The Balaban J connectivity index is 1.46. The Labute approximate surface area is 193 Å². The molecule has 2 unspecified atom stereocenters. The van der Waals surface area contributed by atoms with Crippen LogP contribution in [0.4, 0.5) is 0 Å². The summed E-state index contributed by atoms with van der Waals surface area (Å²) in [5.41, 5.74) is 4.79. The minimum Gasteiger partial charge on any atom is -0.315 e. The van der Waals surface area contributed by atoms with Gasteiger partial charge in [0.1, 0.15) is 10.4 Å². The van der Waals surface area contributed by atoms with Gasteiger partial charge in [0.2, 0.25) is 0 Å². The first-order valence-electron chi connectivity index (χ1n) is 10.8. The molecule has 1 amide bonds. The van der Waals surface area contributed by atoms with Crippen LogP contribution in [0.25, 0.3) is 22.4 Å². The average Bonchev–Trinajstić information content (AvgIpc) is 3.51. The van der Waals surface area contributed by atoms with Crippen LogP contribution in [0.2, 0.25) is 0 Å². The fourth-order valence-electron chi connectivity index (χ4n) is 3.63. The molecule has 0 bridgehead atoms. The summed E-state index contributed by atoms with van der Waals surface area (Å²) >= 11 is 0. The Kier molecular flexibility index (Phi) is 6.57. The fraction of sp³-hybridized carbons (Fsp3) is 0.391. The van der Waals surface area contributed by atoms with E-state index in [9.17, 15) is 13.8 Å². The van der Waals surface area contributed by atoms with Crippen LogP contribution in [0.5, 0.6) is 0 Å². The van der Waals surface area contributed by atoms with E-state index in [1.807, 2.05) is 41.2 Å². The molecule has 2 aromatic heterocycles. The van der Waals surface area contributed by atoms with Gasteiger partial charge in [0.15, 0.2) is 0 Å². The van der Waals surface area contributed by atoms with E-state index < -0.39 is 21.5 Å². The maximum Gasteiger partial charge on any atom is 0.261 e. The number of carbonyl (C=O) groups is 1. The number of aromatic nitrogens is 4. The van der Waals surface area contributed by atoms with Gasteiger partial charge in [0, 0.05) is 48.0 Å². The normalized spacial score (nSPS) is 16.2. The second-order valence-corrected chi connectivity index (χ2v) is 10.5. The summed E-state index contributed by atoms with van der Waals surface area (Å²) in [6.45, 7) is 2.61. The van der Waals surface area contributed by atoms with Crippen molar-refractivity contribution in [3.8, 4) is 22.4 Å². The van der Waals surface area contributed by atoms with Crippen molar-refractivity contribution >= 4 is 16.7 Å². The number of aryl methyl sites for hydroxylation is 1. The molecule has 4 rings (SSSR count).